The van der Waals surface area contributed by atoms with E-state index >= 15 is 0 Å². The smallest absolute Gasteiger partial charge is 0.379 e. The molecule has 0 unspecified atom stereocenters. The zero-order chi connectivity index (χ0) is 24.4. The highest BCUT2D eigenvalue weighted by Crippen LogP contribution is 2.45. The van der Waals surface area contributed by atoms with Crippen LogP contribution in [0.4, 0.5) is 0 Å². The molecule has 1 aromatic heterocycles. The summed E-state index contributed by atoms with van der Waals surface area (Å²) >= 11 is 0. The number of esters is 1. The van der Waals surface area contributed by atoms with E-state index in [9.17, 15) is 9.59 Å². The number of hydrogen-bond acceptors (Lipinski definition) is 4. The molecule has 0 amide bonds. The van der Waals surface area contributed by atoms with Gasteiger partial charge in [0.2, 0.25) is 0 Å². The molecule has 5 rings (SSSR count). The van der Waals surface area contributed by atoms with E-state index in [2.05, 4.69) is 22.5 Å². The fourth-order valence-corrected chi connectivity index (χ4v) is 7.42. The molecule has 35 heavy (non-hydrogen) atoms. The molecule has 0 radical (unpaired) electrons. The summed E-state index contributed by atoms with van der Waals surface area (Å²) in [6.07, 6.45) is 19.3. The predicted octanol–water partition coefficient (Wildman–Crippen LogP) is 6.69. The second-order valence-corrected chi connectivity index (χ2v) is 11.3. The lowest BCUT2D eigenvalue weighted by molar-refractivity contribution is -0.135. The van der Waals surface area contributed by atoms with Crippen molar-refractivity contribution in [2.24, 2.45) is 5.92 Å². The summed E-state index contributed by atoms with van der Waals surface area (Å²) in [5.41, 5.74) is 1.53. The van der Waals surface area contributed by atoms with Crippen LogP contribution >= 0.6 is 0 Å². The standard InChI is InChI=1S/C30H42N2O3/c1-21-16-17-23-18-24(19-28(21)32(23)22-12-8-6-4-3-5-7-9-13-22)31-20-26(29(33)30(34)35-2)25-14-10-11-15-27(25)31/h10-11,14-15,20-24,28H,3-9,12-13,16-19H2,1-2H3/t21-,23+,24-,28+/m1/s1. The van der Waals surface area contributed by atoms with Gasteiger partial charge in [-0.3, -0.25) is 9.69 Å². The van der Waals surface area contributed by atoms with Gasteiger partial charge in [0.25, 0.3) is 5.78 Å². The summed E-state index contributed by atoms with van der Waals surface area (Å²) < 4.78 is 7.07. The van der Waals surface area contributed by atoms with Crippen LogP contribution in [0.1, 0.15) is 107 Å². The Balaban J connectivity index is 1.43. The molecule has 5 heteroatoms. The Kier molecular flexibility index (Phi) is 7.62. The first kappa shape index (κ1) is 24.5. The first-order valence-electron chi connectivity index (χ1n) is 14.1. The third-order valence-corrected chi connectivity index (χ3v) is 9.22. The average molecular weight is 479 g/mol. The highest BCUT2D eigenvalue weighted by Gasteiger charge is 2.45. The Labute approximate surface area is 210 Å². The average Bonchev–Trinajstić information content (AvgIpc) is 3.27. The molecule has 2 aliphatic heterocycles. The molecule has 1 aliphatic carbocycles. The van der Waals surface area contributed by atoms with E-state index in [1.165, 1.54) is 77.7 Å². The Hall–Kier alpha value is -2.14. The van der Waals surface area contributed by atoms with Crippen molar-refractivity contribution in [2.75, 3.05) is 7.11 Å². The molecule has 5 nitrogen and oxygen atoms in total. The minimum absolute atomic E-state index is 0.354. The van der Waals surface area contributed by atoms with E-state index < -0.39 is 11.8 Å². The van der Waals surface area contributed by atoms with Gasteiger partial charge in [0.05, 0.1) is 12.7 Å². The summed E-state index contributed by atoms with van der Waals surface area (Å²) in [5.74, 6) is -0.637. The molecule has 4 atom stereocenters. The molecule has 1 saturated carbocycles. The molecule has 3 fully saturated rings. The van der Waals surface area contributed by atoms with E-state index in [1.54, 1.807) is 0 Å². The Morgan fingerprint density at radius 3 is 2.23 bits per heavy atom. The van der Waals surface area contributed by atoms with Gasteiger partial charge in [0.1, 0.15) is 0 Å². The Bertz CT molecular complexity index is 1030. The number of aromatic nitrogens is 1. The monoisotopic (exact) mass is 478 g/mol. The van der Waals surface area contributed by atoms with E-state index in [4.69, 9.17) is 4.74 Å². The van der Waals surface area contributed by atoms with E-state index in [0.29, 0.717) is 29.6 Å². The maximum atomic E-state index is 12.8. The summed E-state index contributed by atoms with van der Waals surface area (Å²) in [7, 11) is 1.27. The number of nitrogens with zero attached hydrogens (tertiary/aromatic N) is 2. The van der Waals surface area contributed by atoms with Gasteiger partial charge in [-0.15, -0.1) is 0 Å². The van der Waals surface area contributed by atoms with Crippen LogP contribution < -0.4 is 0 Å². The van der Waals surface area contributed by atoms with Gasteiger partial charge in [-0.25, -0.2) is 4.79 Å². The van der Waals surface area contributed by atoms with Crippen LogP contribution in [-0.4, -0.2) is 46.5 Å². The molecule has 2 saturated heterocycles. The van der Waals surface area contributed by atoms with Crippen molar-refractivity contribution < 1.29 is 14.3 Å². The number of benzene rings is 1. The van der Waals surface area contributed by atoms with Gasteiger partial charge in [-0.05, 0) is 50.5 Å². The summed E-state index contributed by atoms with van der Waals surface area (Å²) in [6, 6.07) is 10.3. The molecule has 2 bridgehead atoms. The van der Waals surface area contributed by atoms with Crippen molar-refractivity contribution in [2.45, 2.75) is 115 Å². The number of carbonyl (C=O) groups excluding carboxylic acids is 2. The van der Waals surface area contributed by atoms with Crippen LogP contribution in [0.5, 0.6) is 0 Å². The van der Waals surface area contributed by atoms with Crippen molar-refractivity contribution in [1.29, 1.82) is 0 Å². The first-order chi connectivity index (χ1) is 17.1. The number of para-hydroxylation sites is 1. The van der Waals surface area contributed by atoms with Crippen LogP contribution in [-0.2, 0) is 9.53 Å². The number of rotatable bonds is 4. The van der Waals surface area contributed by atoms with Gasteiger partial charge < -0.3 is 9.30 Å². The second kappa shape index (κ2) is 10.9. The van der Waals surface area contributed by atoms with E-state index in [-0.39, 0.29) is 0 Å². The molecule has 190 valence electrons. The highest BCUT2D eigenvalue weighted by molar-refractivity contribution is 6.43. The van der Waals surface area contributed by atoms with Crippen molar-refractivity contribution in [1.82, 2.24) is 9.47 Å². The van der Waals surface area contributed by atoms with E-state index in [0.717, 1.165) is 29.8 Å². The molecule has 1 aromatic carbocycles. The number of ether oxygens (including phenoxy) is 1. The van der Waals surface area contributed by atoms with Crippen LogP contribution in [0.3, 0.4) is 0 Å². The lowest BCUT2D eigenvalue weighted by Gasteiger charge is -2.55. The molecule has 3 heterocycles. The van der Waals surface area contributed by atoms with Crippen molar-refractivity contribution in [3.05, 3.63) is 36.0 Å². The third-order valence-electron chi connectivity index (χ3n) is 9.22. The molecular formula is C30H42N2O3. The number of methoxy groups -OCH3 is 1. The van der Waals surface area contributed by atoms with Crippen LogP contribution in [0.2, 0.25) is 0 Å². The number of hydrogen-bond donors (Lipinski definition) is 0. The van der Waals surface area contributed by atoms with Gasteiger partial charge in [0, 0.05) is 41.3 Å². The lowest BCUT2D eigenvalue weighted by Crippen LogP contribution is -2.59. The fourth-order valence-electron chi connectivity index (χ4n) is 7.42. The third kappa shape index (κ3) is 4.94. The lowest BCUT2D eigenvalue weighted by atomic mass is 9.74. The number of piperidine rings is 2. The number of Topliss-reactive ketones (excluding diaryl/α,β-unsaturated/α-hetero) is 1. The largest absolute Gasteiger partial charge is 0.463 e. The normalized spacial score (nSPS) is 29.1. The predicted molar refractivity (Wildman–Crippen MR) is 140 cm³/mol. The highest BCUT2D eigenvalue weighted by atomic mass is 16.5. The van der Waals surface area contributed by atoms with E-state index in [1.807, 2.05) is 24.4 Å². The molecular weight excluding hydrogens is 436 g/mol. The van der Waals surface area contributed by atoms with Crippen LogP contribution in [0, 0.1) is 5.92 Å². The molecule has 0 N–H and O–H groups in total. The van der Waals surface area contributed by atoms with Gasteiger partial charge >= 0.3 is 5.97 Å². The zero-order valence-corrected chi connectivity index (χ0v) is 21.6. The number of carbonyl (C=O) groups is 2. The first-order valence-corrected chi connectivity index (χ1v) is 14.1. The molecule has 0 spiro atoms. The van der Waals surface area contributed by atoms with Crippen molar-refractivity contribution in [3.63, 3.8) is 0 Å². The minimum atomic E-state index is -0.788. The fraction of sp³-hybridized carbons (Fsp3) is 0.667. The van der Waals surface area contributed by atoms with Gasteiger partial charge in [-0.1, -0.05) is 70.1 Å². The summed E-state index contributed by atoms with van der Waals surface area (Å²) in [5, 5.41) is 0.857. The van der Waals surface area contributed by atoms with Crippen LogP contribution in [0.15, 0.2) is 30.5 Å². The number of fused-ring (bicyclic) bond motifs is 3. The van der Waals surface area contributed by atoms with Crippen LogP contribution in [0.25, 0.3) is 10.9 Å². The second-order valence-electron chi connectivity index (χ2n) is 11.3. The Morgan fingerprint density at radius 1 is 0.829 bits per heavy atom. The number of ketones is 1. The topological polar surface area (TPSA) is 51.5 Å². The maximum absolute atomic E-state index is 12.8. The quantitative estimate of drug-likeness (QED) is 0.279. The maximum Gasteiger partial charge on any atom is 0.379 e. The van der Waals surface area contributed by atoms with Crippen molar-refractivity contribution >= 4 is 22.7 Å². The summed E-state index contributed by atoms with van der Waals surface area (Å²) in [6.45, 7) is 2.45. The summed E-state index contributed by atoms with van der Waals surface area (Å²) in [4.78, 5) is 27.9. The van der Waals surface area contributed by atoms with Gasteiger partial charge in [0.15, 0.2) is 0 Å². The van der Waals surface area contributed by atoms with Gasteiger partial charge in [-0.2, -0.15) is 0 Å². The molecule has 3 aliphatic rings. The minimum Gasteiger partial charge on any atom is -0.463 e. The van der Waals surface area contributed by atoms with Crippen molar-refractivity contribution in [3.8, 4) is 0 Å². The Morgan fingerprint density at radius 2 is 1.51 bits per heavy atom. The zero-order valence-electron chi connectivity index (χ0n) is 21.6. The molecule has 2 aromatic rings. The SMILES string of the molecule is COC(=O)C(=O)c1cn([C@@H]2C[C@@H]3CC[C@@H](C)[C@H](C2)N3C2CCCCCCCCC2)c2ccccc12.